The van der Waals surface area contributed by atoms with E-state index in [1.54, 1.807) is 16.2 Å². The minimum atomic E-state index is -0.159. The number of hydrogen-bond donors (Lipinski definition) is 1. The molecule has 1 unspecified atom stereocenters. The summed E-state index contributed by atoms with van der Waals surface area (Å²) in [5.74, 6) is 0.133. The van der Waals surface area contributed by atoms with E-state index in [9.17, 15) is 9.90 Å². The number of aliphatic hydroxyl groups is 1. The number of aliphatic hydroxyl groups excluding tert-OH is 1. The normalized spacial score (nSPS) is 20.1. The Hall–Kier alpha value is -0.910. The van der Waals surface area contributed by atoms with Crippen LogP contribution in [-0.4, -0.2) is 48.3 Å². The summed E-state index contributed by atoms with van der Waals surface area (Å²) >= 11 is 1.73. The average molecular weight is 269 g/mol. The number of amides is 1. The molecule has 2 heterocycles. The maximum absolute atomic E-state index is 12.1. The lowest BCUT2D eigenvalue weighted by atomic mass is 10.1. The van der Waals surface area contributed by atoms with Crippen LogP contribution in [-0.2, 0) is 16.0 Å². The second-order valence-electron chi connectivity index (χ2n) is 4.43. The summed E-state index contributed by atoms with van der Waals surface area (Å²) in [7, 11) is 0. The molecule has 100 valence electrons. The number of aryl methyl sites for hydroxylation is 1. The highest BCUT2D eigenvalue weighted by molar-refractivity contribution is 7.09. The third kappa shape index (κ3) is 3.54. The first-order chi connectivity index (χ1) is 8.81. The maximum atomic E-state index is 12.1. The Balaban J connectivity index is 1.76. The first-order valence-electron chi connectivity index (χ1n) is 6.31. The van der Waals surface area contributed by atoms with Gasteiger partial charge in [0.25, 0.3) is 0 Å². The van der Waals surface area contributed by atoms with E-state index in [2.05, 4.69) is 11.4 Å². The van der Waals surface area contributed by atoms with Gasteiger partial charge in [0.1, 0.15) is 0 Å². The molecule has 1 aliphatic rings. The fourth-order valence-corrected chi connectivity index (χ4v) is 2.90. The predicted molar refractivity (Wildman–Crippen MR) is 70.7 cm³/mol. The van der Waals surface area contributed by atoms with E-state index in [1.807, 2.05) is 6.07 Å². The van der Waals surface area contributed by atoms with Gasteiger partial charge in [0.2, 0.25) is 5.91 Å². The van der Waals surface area contributed by atoms with Crippen LogP contribution in [0.2, 0.25) is 0 Å². The Bertz CT molecular complexity index is 366. The molecule has 0 aromatic carbocycles. The Labute approximate surface area is 111 Å². The zero-order chi connectivity index (χ0) is 12.8. The second-order valence-corrected chi connectivity index (χ2v) is 5.46. The lowest BCUT2D eigenvalue weighted by molar-refractivity contribution is -0.141. The highest BCUT2D eigenvalue weighted by Gasteiger charge is 2.25. The monoisotopic (exact) mass is 269 g/mol. The SMILES string of the molecule is O=C(CCCc1cccs1)N1CCOCC1CO. The molecule has 5 heteroatoms. The zero-order valence-corrected chi connectivity index (χ0v) is 11.2. The van der Waals surface area contributed by atoms with Crippen LogP contribution in [0.25, 0.3) is 0 Å². The molecule has 0 spiro atoms. The van der Waals surface area contributed by atoms with E-state index in [-0.39, 0.29) is 18.6 Å². The Morgan fingerprint density at radius 2 is 2.50 bits per heavy atom. The highest BCUT2D eigenvalue weighted by atomic mass is 32.1. The van der Waals surface area contributed by atoms with Crippen LogP contribution in [0.5, 0.6) is 0 Å². The van der Waals surface area contributed by atoms with Gasteiger partial charge in [-0.25, -0.2) is 0 Å². The Morgan fingerprint density at radius 1 is 1.61 bits per heavy atom. The van der Waals surface area contributed by atoms with Crippen molar-refractivity contribution in [3.8, 4) is 0 Å². The van der Waals surface area contributed by atoms with Crippen molar-refractivity contribution in [2.45, 2.75) is 25.3 Å². The smallest absolute Gasteiger partial charge is 0.223 e. The first kappa shape index (κ1) is 13.5. The Morgan fingerprint density at radius 3 is 3.22 bits per heavy atom. The van der Waals surface area contributed by atoms with Gasteiger partial charge < -0.3 is 14.7 Å². The first-order valence-corrected chi connectivity index (χ1v) is 7.19. The molecule has 1 aromatic rings. The average Bonchev–Trinajstić information content (AvgIpc) is 2.91. The second kappa shape index (κ2) is 6.87. The molecule has 1 aromatic heterocycles. The lowest BCUT2D eigenvalue weighted by Gasteiger charge is -2.34. The number of hydrogen-bond acceptors (Lipinski definition) is 4. The molecular formula is C13H19NO3S. The summed E-state index contributed by atoms with van der Waals surface area (Å²) in [6, 6.07) is 3.97. The fourth-order valence-electron chi connectivity index (χ4n) is 2.15. The minimum absolute atomic E-state index is 0.0172. The van der Waals surface area contributed by atoms with E-state index < -0.39 is 0 Å². The molecule has 2 rings (SSSR count). The van der Waals surface area contributed by atoms with E-state index >= 15 is 0 Å². The summed E-state index contributed by atoms with van der Waals surface area (Å²) < 4.78 is 5.26. The molecule has 1 N–H and O–H groups in total. The van der Waals surface area contributed by atoms with Crippen molar-refractivity contribution < 1.29 is 14.6 Å². The van der Waals surface area contributed by atoms with Gasteiger partial charge in [-0.1, -0.05) is 6.07 Å². The van der Waals surface area contributed by atoms with Crippen LogP contribution < -0.4 is 0 Å². The van der Waals surface area contributed by atoms with Crippen molar-refractivity contribution in [1.82, 2.24) is 4.90 Å². The summed E-state index contributed by atoms with van der Waals surface area (Å²) in [5.41, 5.74) is 0. The molecule has 0 aliphatic carbocycles. The number of carbonyl (C=O) groups is 1. The Kier molecular flexibility index (Phi) is 5.16. The third-order valence-corrected chi connectivity index (χ3v) is 4.09. The predicted octanol–water partition coefficient (Wildman–Crippen LogP) is 1.29. The van der Waals surface area contributed by atoms with Crippen LogP contribution in [0.15, 0.2) is 17.5 Å². The molecule has 1 atom stereocenters. The van der Waals surface area contributed by atoms with Gasteiger partial charge in [-0.3, -0.25) is 4.79 Å². The largest absolute Gasteiger partial charge is 0.394 e. The van der Waals surface area contributed by atoms with Crippen LogP contribution in [0.3, 0.4) is 0 Å². The van der Waals surface area contributed by atoms with Gasteiger partial charge in [-0.2, -0.15) is 0 Å². The van der Waals surface area contributed by atoms with Crippen LogP contribution >= 0.6 is 11.3 Å². The number of morpholine rings is 1. The topological polar surface area (TPSA) is 49.8 Å². The lowest BCUT2D eigenvalue weighted by Crippen LogP contribution is -2.50. The standard InChI is InChI=1S/C13H19NO3S/c15-9-11-10-17-7-6-14(11)13(16)5-1-3-12-4-2-8-18-12/h2,4,8,11,15H,1,3,5-7,9-10H2. The summed E-state index contributed by atoms with van der Waals surface area (Å²) in [4.78, 5) is 15.1. The van der Waals surface area contributed by atoms with Crippen molar-refractivity contribution in [2.75, 3.05) is 26.4 Å². The molecule has 0 radical (unpaired) electrons. The molecule has 1 aliphatic heterocycles. The third-order valence-electron chi connectivity index (χ3n) is 3.15. The number of rotatable bonds is 5. The molecule has 1 saturated heterocycles. The number of carbonyl (C=O) groups excluding carboxylic acids is 1. The highest BCUT2D eigenvalue weighted by Crippen LogP contribution is 2.14. The van der Waals surface area contributed by atoms with Crippen LogP contribution in [0, 0.1) is 0 Å². The summed E-state index contributed by atoms with van der Waals surface area (Å²) in [6.45, 7) is 1.61. The molecular weight excluding hydrogens is 250 g/mol. The minimum Gasteiger partial charge on any atom is -0.394 e. The fraction of sp³-hybridized carbons (Fsp3) is 0.615. The molecule has 18 heavy (non-hydrogen) atoms. The molecule has 1 amide bonds. The van der Waals surface area contributed by atoms with Crippen molar-refractivity contribution in [3.05, 3.63) is 22.4 Å². The van der Waals surface area contributed by atoms with Crippen molar-refractivity contribution in [3.63, 3.8) is 0 Å². The molecule has 0 bridgehead atoms. The summed E-state index contributed by atoms with van der Waals surface area (Å²) in [6.07, 6.45) is 2.38. The molecule has 0 saturated carbocycles. The quantitative estimate of drug-likeness (QED) is 0.876. The van der Waals surface area contributed by atoms with E-state index in [0.717, 1.165) is 12.8 Å². The molecule has 1 fully saturated rings. The van der Waals surface area contributed by atoms with Crippen molar-refractivity contribution >= 4 is 17.2 Å². The summed E-state index contributed by atoms with van der Waals surface area (Å²) in [5, 5.41) is 11.3. The van der Waals surface area contributed by atoms with Gasteiger partial charge in [-0.15, -0.1) is 11.3 Å². The van der Waals surface area contributed by atoms with Crippen LogP contribution in [0.4, 0.5) is 0 Å². The van der Waals surface area contributed by atoms with E-state index in [0.29, 0.717) is 26.2 Å². The number of nitrogens with zero attached hydrogens (tertiary/aromatic N) is 1. The van der Waals surface area contributed by atoms with Gasteiger partial charge in [0.15, 0.2) is 0 Å². The van der Waals surface area contributed by atoms with Crippen LogP contribution in [0.1, 0.15) is 17.7 Å². The van der Waals surface area contributed by atoms with Gasteiger partial charge in [-0.05, 0) is 24.3 Å². The maximum Gasteiger partial charge on any atom is 0.223 e. The zero-order valence-electron chi connectivity index (χ0n) is 10.4. The van der Waals surface area contributed by atoms with E-state index in [1.165, 1.54) is 4.88 Å². The van der Waals surface area contributed by atoms with Crippen molar-refractivity contribution in [2.24, 2.45) is 0 Å². The van der Waals surface area contributed by atoms with Gasteiger partial charge in [0.05, 0.1) is 25.9 Å². The van der Waals surface area contributed by atoms with Gasteiger partial charge in [0, 0.05) is 17.8 Å². The molecule has 4 nitrogen and oxygen atoms in total. The number of thiophene rings is 1. The van der Waals surface area contributed by atoms with E-state index in [4.69, 9.17) is 4.74 Å². The number of ether oxygens (including phenoxy) is 1. The van der Waals surface area contributed by atoms with Gasteiger partial charge >= 0.3 is 0 Å². The van der Waals surface area contributed by atoms with Crippen molar-refractivity contribution in [1.29, 1.82) is 0 Å².